The summed E-state index contributed by atoms with van der Waals surface area (Å²) in [5.41, 5.74) is 1.01. The summed E-state index contributed by atoms with van der Waals surface area (Å²) in [5, 5.41) is 26.0. The standard InChI is InChI=1S/C9H11BO4/c11-9(12)8-3-1-2-7(6-8)4-5-10(13)14/h1-3,6,13-14H,4-5H2,(H,11,12). The zero-order valence-corrected chi connectivity index (χ0v) is 7.55. The SMILES string of the molecule is O=C(O)c1cccc(CCB(O)O)c1. The molecular formula is C9H11BO4. The molecule has 0 saturated carbocycles. The summed E-state index contributed by atoms with van der Waals surface area (Å²) in [6.45, 7) is 0. The maximum atomic E-state index is 10.6. The zero-order valence-electron chi connectivity index (χ0n) is 7.55. The molecule has 1 rings (SSSR count). The molecule has 0 heterocycles. The van der Waals surface area contributed by atoms with Crippen LogP contribution in [0.4, 0.5) is 0 Å². The number of rotatable bonds is 4. The molecule has 1 aromatic rings. The number of carbonyl (C=O) groups is 1. The Labute approximate surface area is 82.0 Å². The van der Waals surface area contributed by atoms with Crippen LogP contribution in [0.1, 0.15) is 15.9 Å². The summed E-state index contributed by atoms with van der Waals surface area (Å²) < 4.78 is 0. The highest BCUT2D eigenvalue weighted by Gasteiger charge is 2.08. The first-order valence-electron chi connectivity index (χ1n) is 4.28. The van der Waals surface area contributed by atoms with Gasteiger partial charge in [0.2, 0.25) is 0 Å². The van der Waals surface area contributed by atoms with E-state index in [0.717, 1.165) is 5.56 Å². The Kier molecular flexibility index (Phi) is 3.68. The third-order valence-electron chi connectivity index (χ3n) is 1.87. The molecule has 74 valence electrons. The molecule has 1 aromatic carbocycles. The fourth-order valence-electron chi connectivity index (χ4n) is 1.16. The highest BCUT2D eigenvalue weighted by atomic mass is 16.4. The van der Waals surface area contributed by atoms with Crippen molar-refractivity contribution in [2.75, 3.05) is 0 Å². The second-order valence-electron chi connectivity index (χ2n) is 3.02. The van der Waals surface area contributed by atoms with Gasteiger partial charge in [-0.25, -0.2) is 4.79 Å². The van der Waals surface area contributed by atoms with Crippen LogP contribution in [-0.4, -0.2) is 28.2 Å². The lowest BCUT2D eigenvalue weighted by Gasteiger charge is -2.01. The van der Waals surface area contributed by atoms with Gasteiger partial charge in [-0.2, -0.15) is 0 Å². The van der Waals surface area contributed by atoms with Gasteiger partial charge in [0, 0.05) is 0 Å². The van der Waals surface area contributed by atoms with Crippen molar-refractivity contribution >= 4 is 13.1 Å². The molecule has 0 fully saturated rings. The van der Waals surface area contributed by atoms with Crippen molar-refractivity contribution in [2.24, 2.45) is 0 Å². The Morgan fingerprint density at radius 1 is 1.36 bits per heavy atom. The first-order chi connectivity index (χ1) is 6.59. The van der Waals surface area contributed by atoms with Crippen LogP contribution >= 0.6 is 0 Å². The molecule has 0 atom stereocenters. The van der Waals surface area contributed by atoms with E-state index in [4.69, 9.17) is 15.2 Å². The summed E-state index contributed by atoms with van der Waals surface area (Å²) in [4.78, 5) is 10.6. The van der Waals surface area contributed by atoms with Crippen molar-refractivity contribution in [1.29, 1.82) is 0 Å². The number of carboxylic acid groups (broad SMARTS) is 1. The number of hydrogen-bond donors (Lipinski definition) is 3. The number of carboxylic acids is 1. The monoisotopic (exact) mass is 194 g/mol. The van der Waals surface area contributed by atoms with Crippen molar-refractivity contribution in [3.8, 4) is 0 Å². The molecule has 0 spiro atoms. The summed E-state index contributed by atoms with van der Waals surface area (Å²) in [7, 11) is -1.34. The van der Waals surface area contributed by atoms with Crippen LogP contribution in [0, 0.1) is 0 Å². The molecule has 3 N–H and O–H groups in total. The lowest BCUT2D eigenvalue weighted by molar-refractivity contribution is 0.0697. The van der Waals surface area contributed by atoms with Crippen molar-refractivity contribution in [3.63, 3.8) is 0 Å². The van der Waals surface area contributed by atoms with Crippen LogP contribution in [0.15, 0.2) is 24.3 Å². The molecule has 0 aliphatic heterocycles. The van der Waals surface area contributed by atoms with Gasteiger partial charge < -0.3 is 15.2 Å². The molecular weight excluding hydrogens is 183 g/mol. The van der Waals surface area contributed by atoms with Gasteiger partial charge in [0.1, 0.15) is 0 Å². The van der Waals surface area contributed by atoms with Gasteiger partial charge in [-0.3, -0.25) is 0 Å². The highest BCUT2D eigenvalue weighted by molar-refractivity contribution is 6.40. The van der Waals surface area contributed by atoms with Gasteiger partial charge in [-0.15, -0.1) is 0 Å². The van der Waals surface area contributed by atoms with Crippen molar-refractivity contribution in [1.82, 2.24) is 0 Å². The summed E-state index contributed by atoms with van der Waals surface area (Å²) in [5.74, 6) is -0.976. The summed E-state index contributed by atoms with van der Waals surface area (Å²) in [6.07, 6.45) is 0.669. The van der Waals surface area contributed by atoms with Crippen molar-refractivity contribution in [3.05, 3.63) is 35.4 Å². The van der Waals surface area contributed by atoms with Crippen LogP contribution in [0.25, 0.3) is 0 Å². The molecule has 14 heavy (non-hydrogen) atoms. The Balaban J connectivity index is 2.69. The second kappa shape index (κ2) is 4.78. The maximum Gasteiger partial charge on any atom is 0.451 e. The molecule has 0 radical (unpaired) electrons. The molecule has 0 unspecified atom stereocenters. The lowest BCUT2D eigenvalue weighted by atomic mass is 9.82. The molecule has 0 aliphatic rings. The van der Waals surface area contributed by atoms with Crippen LogP contribution in [0.5, 0.6) is 0 Å². The predicted molar refractivity (Wildman–Crippen MR) is 52.1 cm³/mol. The Bertz CT molecular complexity index is 324. The predicted octanol–water partition coefficient (Wildman–Crippen LogP) is 0.400. The van der Waals surface area contributed by atoms with Gasteiger partial charge in [0.05, 0.1) is 5.56 Å². The van der Waals surface area contributed by atoms with E-state index < -0.39 is 13.1 Å². The Morgan fingerprint density at radius 2 is 2.07 bits per heavy atom. The van der Waals surface area contributed by atoms with Crippen molar-refractivity contribution < 1.29 is 19.9 Å². The highest BCUT2D eigenvalue weighted by Crippen LogP contribution is 2.08. The average Bonchev–Trinajstić information content (AvgIpc) is 2.15. The normalized spacial score (nSPS) is 9.86. The van der Waals surface area contributed by atoms with Gasteiger partial charge >= 0.3 is 13.1 Å². The minimum absolute atomic E-state index is 0.211. The van der Waals surface area contributed by atoms with E-state index in [1.165, 1.54) is 12.1 Å². The van der Waals surface area contributed by atoms with E-state index in [-0.39, 0.29) is 11.9 Å². The third kappa shape index (κ3) is 3.20. The molecule has 0 aromatic heterocycles. The lowest BCUT2D eigenvalue weighted by Crippen LogP contribution is -2.11. The summed E-state index contributed by atoms with van der Waals surface area (Å²) in [6, 6.07) is 6.43. The molecule has 5 heteroatoms. The van der Waals surface area contributed by atoms with E-state index in [1.54, 1.807) is 12.1 Å². The fourth-order valence-corrected chi connectivity index (χ4v) is 1.16. The number of aromatic carboxylic acids is 1. The molecule has 0 bridgehead atoms. The van der Waals surface area contributed by atoms with E-state index >= 15 is 0 Å². The number of hydrogen-bond acceptors (Lipinski definition) is 3. The van der Waals surface area contributed by atoms with E-state index in [1.807, 2.05) is 0 Å². The van der Waals surface area contributed by atoms with Gasteiger partial charge in [0.15, 0.2) is 0 Å². The van der Waals surface area contributed by atoms with Gasteiger partial charge in [-0.1, -0.05) is 12.1 Å². The van der Waals surface area contributed by atoms with E-state index in [2.05, 4.69) is 0 Å². The Hall–Kier alpha value is -1.33. The minimum Gasteiger partial charge on any atom is -0.478 e. The van der Waals surface area contributed by atoms with Gasteiger partial charge in [0.25, 0.3) is 0 Å². The second-order valence-corrected chi connectivity index (χ2v) is 3.02. The summed E-state index contributed by atoms with van der Waals surface area (Å²) >= 11 is 0. The largest absolute Gasteiger partial charge is 0.478 e. The maximum absolute atomic E-state index is 10.6. The molecule has 0 amide bonds. The first-order valence-corrected chi connectivity index (χ1v) is 4.28. The van der Waals surface area contributed by atoms with Crippen molar-refractivity contribution in [2.45, 2.75) is 12.7 Å². The smallest absolute Gasteiger partial charge is 0.451 e. The average molecular weight is 194 g/mol. The van der Waals surface area contributed by atoms with E-state index in [9.17, 15) is 4.79 Å². The number of benzene rings is 1. The van der Waals surface area contributed by atoms with Crippen LogP contribution in [0.3, 0.4) is 0 Å². The Morgan fingerprint density at radius 3 is 2.64 bits per heavy atom. The van der Waals surface area contributed by atoms with Crippen LogP contribution in [0.2, 0.25) is 6.32 Å². The third-order valence-corrected chi connectivity index (χ3v) is 1.87. The van der Waals surface area contributed by atoms with E-state index in [0.29, 0.717) is 6.42 Å². The fraction of sp³-hybridized carbons (Fsp3) is 0.222. The first kappa shape index (κ1) is 10.8. The van der Waals surface area contributed by atoms with Crippen LogP contribution < -0.4 is 0 Å². The number of aryl methyl sites for hydroxylation is 1. The zero-order chi connectivity index (χ0) is 10.6. The topological polar surface area (TPSA) is 77.8 Å². The minimum atomic E-state index is -1.34. The molecule has 0 aliphatic carbocycles. The quantitative estimate of drug-likeness (QED) is 0.606. The molecule has 4 nitrogen and oxygen atoms in total. The van der Waals surface area contributed by atoms with Gasteiger partial charge in [-0.05, 0) is 30.4 Å². The molecule has 0 saturated heterocycles. The van der Waals surface area contributed by atoms with Crippen LogP contribution in [-0.2, 0) is 6.42 Å².